The molecule has 138 valence electrons. The van der Waals surface area contributed by atoms with Crippen LogP contribution in [0.25, 0.3) is 11.3 Å². The van der Waals surface area contributed by atoms with Gasteiger partial charge in [0.1, 0.15) is 5.82 Å². The Morgan fingerprint density at radius 2 is 1.81 bits per heavy atom. The third-order valence-electron chi connectivity index (χ3n) is 4.29. The standard InChI is InChI=1S/C22H22FN3O/c1-22(2,3)17-10-8-14(12-19(17)24)21(27)26-15-9-11-20(25-13-15)16-6-4-5-7-18(16)23/h4-13H,24H2,1-3H3,(H,26,27). The van der Waals surface area contributed by atoms with E-state index >= 15 is 0 Å². The molecule has 4 nitrogen and oxygen atoms in total. The summed E-state index contributed by atoms with van der Waals surface area (Å²) in [5, 5.41) is 2.79. The summed E-state index contributed by atoms with van der Waals surface area (Å²) in [7, 11) is 0. The average molecular weight is 363 g/mol. The molecule has 3 N–H and O–H groups in total. The van der Waals surface area contributed by atoms with Gasteiger partial charge in [-0.2, -0.15) is 0 Å². The van der Waals surface area contributed by atoms with Crippen molar-refractivity contribution in [3.63, 3.8) is 0 Å². The SMILES string of the molecule is CC(C)(C)c1ccc(C(=O)Nc2ccc(-c3ccccc3F)nc2)cc1N. The molecule has 0 bridgehead atoms. The number of nitrogens with one attached hydrogen (secondary N) is 1. The number of nitrogens with two attached hydrogens (primary N) is 1. The van der Waals surface area contributed by atoms with Crippen molar-refractivity contribution in [2.45, 2.75) is 26.2 Å². The molecule has 0 spiro atoms. The lowest BCUT2D eigenvalue weighted by Gasteiger charge is -2.21. The Morgan fingerprint density at radius 1 is 1.07 bits per heavy atom. The van der Waals surface area contributed by atoms with Gasteiger partial charge >= 0.3 is 0 Å². The van der Waals surface area contributed by atoms with Crippen LogP contribution in [0.15, 0.2) is 60.8 Å². The van der Waals surface area contributed by atoms with Crippen LogP contribution in [0, 0.1) is 5.82 Å². The Bertz CT molecular complexity index is 976. The lowest BCUT2D eigenvalue weighted by Crippen LogP contribution is -2.16. The minimum Gasteiger partial charge on any atom is -0.398 e. The van der Waals surface area contributed by atoms with Crippen LogP contribution in [0.2, 0.25) is 0 Å². The second kappa shape index (κ2) is 7.19. The van der Waals surface area contributed by atoms with Gasteiger partial charge in [-0.25, -0.2) is 4.39 Å². The second-order valence-corrected chi connectivity index (χ2v) is 7.42. The predicted molar refractivity (Wildman–Crippen MR) is 107 cm³/mol. The monoisotopic (exact) mass is 363 g/mol. The number of hydrogen-bond acceptors (Lipinski definition) is 3. The number of carbonyl (C=O) groups is 1. The molecule has 1 amide bonds. The molecule has 2 aromatic carbocycles. The molecule has 0 saturated heterocycles. The molecule has 0 unspecified atom stereocenters. The molecule has 1 heterocycles. The van der Waals surface area contributed by atoms with Gasteiger partial charge in [0, 0.05) is 16.8 Å². The van der Waals surface area contributed by atoms with Crippen molar-refractivity contribution in [1.82, 2.24) is 4.98 Å². The summed E-state index contributed by atoms with van der Waals surface area (Å²) >= 11 is 0. The third-order valence-corrected chi connectivity index (χ3v) is 4.29. The van der Waals surface area contributed by atoms with Gasteiger partial charge in [-0.05, 0) is 47.4 Å². The van der Waals surface area contributed by atoms with E-state index in [1.807, 2.05) is 6.07 Å². The topological polar surface area (TPSA) is 68.0 Å². The van der Waals surface area contributed by atoms with Crippen molar-refractivity contribution in [3.8, 4) is 11.3 Å². The molecular weight excluding hydrogens is 341 g/mol. The summed E-state index contributed by atoms with van der Waals surface area (Å²) < 4.78 is 13.8. The van der Waals surface area contributed by atoms with Crippen LogP contribution in [-0.2, 0) is 5.41 Å². The fourth-order valence-corrected chi connectivity index (χ4v) is 2.89. The van der Waals surface area contributed by atoms with Gasteiger partial charge in [0.25, 0.3) is 5.91 Å². The van der Waals surface area contributed by atoms with Gasteiger partial charge in [0.15, 0.2) is 0 Å². The average Bonchev–Trinajstić information content (AvgIpc) is 2.62. The zero-order valence-corrected chi connectivity index (χ0v) is 15.6. The van der Waals surface area contributed by atoms with E-state index in [-0.39, 0.29) is 17.1 Å². The number of anilines is 2. The number of rotatable bonds is 3. The highest BCUT2D eigenvalue weighted by Crippen LogP contribution is 2.28. The summed E-state index contributed by atoms with van der Waals surface area (Å²) in [5.41, 5.74) is 9.52. The maximum absolute atomic E-state index is 13.8. The van der Waals surface area contributed by atoms with Crippen molar-refractivity contribution < 1.29 is 9.18 Å². The Balaban J connectivity index is 1.77. The molecule has 0 atom stereocenters. The number of nitrogen functional groups attached to an aromatic ring is 1. The molecule has 0 aliphatic rings. The Kier molecular flexibility index (Phi) is 4.95. The summed E-state index contributed by atoms with van der Waals surface area (Å²) in [4.78, 5) is 16.7. The number of carbonyl (C=O) groups excluding carboxylic acids is 1. The van der Waals surface area contributed by atoms with E-state index < -0.39 is 0 Å². The van der Waals surface area contributed by atoms with Gasteiger partial charge in [0.2, 0.25) is 0 Å². The van der Waals surface area contributed by atoms with Crippen molar-refractivity contribution in [2.24, 2.45) is 0 Å². The highest BCUT2D eigenvalue weighted by Gasteiger charge is 2.18. The lowest BCUT2D eigenvalue weighted by molar-refractivity contribution is 0.102. The van der Waals surface area contributed by atoms with Crippen molar-refractivity contribution in [3.05, 3.63) is 77.7 Å². The number of aromatic nitrogens is 1. The van der Waals surface area contributed by atoms with Crippen LogP contribution in [0.3, 0.4) is 0 Å². The Hall–Kier alpha value is -3.21. The van der Waals surface area contributed by atoms with Crippen LogP contribution in [-0.4, -0.2) is 10.9 Å². The van der Waals surface area contributed by atoms with Gasteiger partial charge in [0.05, 0.1) is 17.6 Å². The highest BCUT2D eigenvalue weighted by molar-refractivity contribution is 6.04. The molecule has 0 radical (unpaired) electrons. The fourth-order valence-electron chi connectivity index (χ4n) is 2.89. The van der Waals surface area contributed by atoms with E-state index in [9.17, 15) is 9.18 Å². The Morgan fingerprint density at radius 3 is 2.41 bits per heavy atom. The minimum absolute atomic E-state index is 0.0917. The maximum atomic E-state index is 13.8. The zero-order valence-electron chi connectivity index (χ0n) is 15.6. The zero-order chi connectivity index (χ0) is 19.6. The van der Waals surface area contributed by atoms with Gasteiger partial charge < -0.3 is 11.1 Å². The highest BCUT2D eigenvalue weighted by atomic mass is 19.1. The van der Waals surface area contributed by atoms with Crippen LogP contribution in [0.1, 0.15) is 36.7 Å². The quantitative estimate of drug-likeness (QED) is 0.642. The first kappa shape index (κ1) is 18.6. The molecule has 0 fully saturated rings. The first-order chi connectivity index (χ1) is 12.8. The number of halogens is 1. The molecular formula is C22H22FN3O. The van der Waals surface area contributed by atoms with Gasteiger partial charge in [-0.3, -0.25) is 9.78 Å². The molecule has 3 aromatic rings. The summed E-state index contributed by atoms with van der Waals surface area (Å²) in [5.74, 6) is -0.612. The normalized spacial score (nSPS) is 11.3. The first-order valence-electron chi connectivity index (χ1n) is 8.68. The van der Waals surface area contributed by atoms with Crippen molar-refractivity contribution >= 4 is 17.3 Å². The van der Waals surface area contributed by atoms with Crippen molar-refractivity contribution in [1.29, 1.82) is 0 Å². The summed E-state index contributed by atoms with van der Waals surface area (Å²) in [6.07, 6.45) is 1.51. The fraction of sp³-hybridized carbons (Fsp3) is 0.182. The van der Waals surface area contributed by atoms with E-state index in [1.54, 1.807) is 42.5 Å². The van der Waals surface area contributed by atoms with Crippen LogP contribution in [0.4, 0.5) is 15.8 Å². The number of amides is 1. The smallest absolute Gasteiger partial charge is 0.255 e. The molecule has 1 aromatic heterocycles. The van der Waals surface area contributed by atoms with Crippen molar-refractivity contribution in [2.75, 3.05) is 11.1 Å². The molecule has 3 rings (SSSR count). The molecule has 0 aliphatic carbocycles. The molecule has 27 heavy (non-hydrogen) atoms. The summed E-state index contributed by atoms with van der Waals surface area (Å²) in [6, 6.07) is 15.1. The van der Waals surface area contributed by atoms with E-state index in [0.717, 1.165) is 5.56 Å². The number of nitrogens with zero attached hydrogens (tertiary/aromatic N) is 1. The van der Waals surface area contributed by atoms with Gasteiger partial charge in [-0.15, -0.1) is 0 Å². The van der Waals surface area contributed by atoms with E-state index in [1.165, 1.54) is 12.3 Å². The van der Waals surface area contributed by atoms with Crippen LogP contribution in [0.5, 0.6) is 0 Å². The largest absolute Gasteiger partial charge is 0.398 e. The van der Waals surface area contributed by atoms with E-state index in [4.69, 9.17) is 5.73 Å². The lowest BCUT2D eigenvalue weighted by atomic mass is 9.85. The molecule has 0 saturated carbocycles. The number of hydrogen-bond donors (Lipinski definition) is 2. The first-order valence-corrected chi connectivity index (χ1v) is 8.68. The Labute approximate surface area is 158 Å². The minimum atomic E-state index is -0.337. The van der Waals surface area contributed by atoms with Crippen LogP contribution >= 0.6 is 0 Å². The van der Waals surface area contributed by atoms with E-state index in [2.05, 4.69) is 31.1 Å². The van der Waals surface area contributed by atoms with Gasteiger partial charge in [-0.1, -0.05) is 39.0 Å². The number of benzene rings is 2. The molecule has 0 aliphatic heterocycles. The molecule has 5 heteroatoms. The second-order valence-electron chi connectivity index (χ2n) is 7.42. The number of pyridine rings is 1. The van der Waals surface area contributed by atoms with Crippen LogP contribution < -0.4 is 11.1 Å². The summed E-state index contributed by atoms with van der Waals surface area (Å²) in [6.45, 7) is 6.21. The third kappa shape index (κ3) is 4.14. The maximum Gasteiger partial charge on any atom is 0.255 e. The predicted octanol–water partition coefficient (Wildman–Crippen LogP) is 5.02. The van der Waals surface area contributed by atoms with E-state index in [0.29, 0.717) is 28.2 Å².